The summed E-state index contributed by atoms with van der Waals surface area (Å²) >= 11 is 14.0. The smallest absolute Gasteiger partial charge is 0.114 e. The van der Waals surface area contributed by atoms with Crippen LogP contribution in [0.5, 0.6) is 0 Å². The lowest BCUT2D eigenvalue weighted by atomic mass is 10.1. The van der Waals surface area contributed by atoms with E-state index >= 15 is 0 Å². The van der Waals surface area contributed by atoms with E-state index in [1.165, 1.54) is 12.8 Å². The van der Waals surface area contributed by atoms with E-state index in [0.29, 0.717) is 16.1 Å². The Morgan fingerprint density at radius 1 is 1.37 bits per heavy atom. The van der Waals surface area contributed by atoms with Crippen LogP contribution in [0.25, 0.3) is 0 Å². The van der Waals surface area contributed by atoms with Crippen molar-refractivity contribution in [3.63, 3.8) is 0 Å². The molecule has 0 bridgehead atoms. The van der Waals surface area contributed by atoms with Crippen LogP contribution in [-0.2, 0) is 0 Å². The highest BCUT2D eigenvalue weighted by Gasteiger charge is 2.28. The molecule has 1 aliphatic carbocycles. The average molecular weight is 313 g/mol. The third-order valence-corrected chi connectivity index (χ3v) is 4.73. The van der Waals surface area contributed by atoms with E-state index < -0.39 is 0 Å². The van der Waals surface area contributed by atoms with Gasteiger partial charge in [0.1, 0.15) is 5.01 Å². The summed E-state index contributed by atoms with van der Waals surface area (Å²) < 4.78 is 0. The van der Waals surface area contributed by atoms with E-state index in [2.05, 4.69) is 15.7 Å². The van der Waals surface area contributed by atoms with E-state index in [9.17, 15) is 0 Å². The first kappa shape index (κ1) is 13.4. The first-order chi connectivity index (χ1) is 9.13. The van der Waals surface area contributed by atoms with Gasteiger partial charge in [-0.1, -0.05) is 29.3 Å². The summed E-state index contributed by atoms with van der Waals surface area (Å²) in [5.74, 6) is 0. The molecule has 1 fully saturated rings. The van der Waals surface area contributed by atoms with Crippen LogP contribution in [0.1, 0.15) is 35.1 Å². The zero-order valence-electron chi connectivity index (χ0n) is 10.5. The monoisotopic (exact) mass is 312 g/mol. The molecule has 1 aliphatic rings. The second-order valence-electron chi connectivity index (χ2n) is 4.87. The van der Waals surface area contributed by atoms with E-state index in [0.717, 1.165) is 16.3 Å². The molecule has 2 aromatic rings. The third kappa shape index (κ3) is 3.11. The normalized spacial score (nSPS) is 16.6. The van der Waals surface area contributed by atoms with Crippen molar-refractivity contribution in [1.29, 1.82) is 0 Å². The summed E-state index contributed by atoms with van der Waals surface area (Å²) in [6, 6.07) is 6.31. The first-order valence-electron chi connectivity index (χ1n) is 6.26. The molecule has 1 unspecified atom stereocenters. The molecule has 1 saturated carbocycles. The number of benzene rings is 1. The van der Waals surface area contributed by atoms with Crippen molar-refractivity contribution in [3.05, 3.63) is 49.9 Å². The molecule has 3 rings (SSSR count). The third-order valence-electron chi connectivity index (χ3n) is 3.14. The van der Waals surface area contributed by atoms with Gasteiger partial charge in [-0.05, 0) is 37.5 Å². The molecule has 100 valence electrons. The molecule has 19 heavy (non-hydrogen) atoms. The topological polar surface area (TPSA) is 24.9 Å². The first-order valence-corrected chi connectivity index (χ1v) is 7.90. The summed E-state index contributed by atoms with van der Waals surface area (Å²) in [5, 5.41) is 8.11. The molecule has 0 saturated heterocycles. The van der Waals surface area contributed by atoms with E-state index in [-0.39, 0.29) is 6.04 Å². The zero-order valence-corrected chi connectivity index (χ0v) is 12.8. The maximum atomic E-state index is 6.34. The Kier molecular flexibility index (Phi) is 3.81. The van der Waals surface area contributed by atoms with Gasteiger partial charge in [-0.3, -0.25) is 0 Å². The SMILES string of the molecule is Cc1csc(C(NC2CC2)c2ccc(Cl)cc2Cl)n1. The van der Waals surface area contributed by atoms with Crippen molar-refractivity contribution in [3.8, 4) is 0 Å². The Balaban J connectivity index is 1.97. The minimum Gasteiger partial charge on any atom is -0.301 e. The van der Waals surface area contributed by atoms with Crippen LogP contribution in [0, 0.1) is 6.92 Å². The van der Waals surface area contributed by atoms with Crippen molar-refractivity contribution >= 4 is 34.5 Å². The van der Waals surface area contributed by atoms with Crippen LogP contribution < -0.4 is 5.32 Å². The fraction of sp³-hybridized carbons (Fsp3) is 0.357. The summed E-state index contributed by atoms with van der Waals surface area (Å²) in [6.07, 6.45) is 2.46. The average Bonchev–Trinajstić information content (AvgIpc) is 3.08. The number of hydrogen-bond acceptors (Lipinski definition) is 3. The van der Waals surface area contributed by atoms with Crippen molar-refractivity contribution < 1.29 is 0 Å². The van der Waals surface area contributed by atoms with Crippen LogP contribution >= 0.6 is 34.5 Å². The number of halogens is 2. The fourth-order valence-corrected chi connectivity index (χ4v) is 3.41. The molecule has 5 heteroatoms. The largest absolute Gasteiger partial charge is 0.301 e. The number of aryl methyl sites for hydroxylation is 1. The van der Waals surface area contributed by atoms with Crippen LogP contribution in [-0.4, -0.2) is 11.0 Å². The zero-order chi connectivity index (χ0) is 13.4. The molecule has 0 spiro atoms. The minimum atomic E-state index is 0.0657. The van der Waals surface area contributed by atoms with Crippen LogP contribution in [0.3, 0.4) is 0 Å². The number of nitrogens with zero attached hydrogens (tertiary/aromatic N) is 1. The summed E-state index contributed by atoms with van der Waals surface area (Å²) in [7, 11) is 0. The number of aromatic nitrogens is 1. The van der Waals surface area contributed by atoms with E-state index in [1.807, 2.05) is 19.1 Å². The summed E-state index contributed by atoms with van der Waals surface area (Å²) in [6.45, 7) is 2.01. The fourth-order valence-electron chi connectivity index (χ4n) is 2.02. The van der Waals surface area contributed by atoms with Gasteiger partial charge in [0.25, 0.3) is 0 Å². The Morgan fingerprint density at radius 2 is 2.16 bits per heavy atom. The van der Waals surface area contributed by atoms with Gasteiger partial charge in [-0.25, -0.2) is 4.98 Å². The summed E-state index contributed by atoms with van der Waals surface area (Å²) in [4.78, 5) is 4.60. The van der Waals surface area contributed by atoms with Crippen LogP contribution in [0.4, 0.5) is 0 Å². The van der Waals surface area contributed by atoms with Crippen LogP contribution in [0.15, 0.2) is 23.6 Å². The van der Waals surface area contributed by atoms with E-state index in [1.54, 1.807) is 17.4 Å². The number of hydrogen-bond donors (Lipinski definition) is 1. The minimum absolute atomic E-state index is 0.0657. The Hall–Kier alpha value is -0.610. The molecule has 0 radical (unpaired) electrons. The molecule has 1 aromatic carbocycles. The Bertz CT molecular complexity index is 593. The van der Waals surface area contributed by atoms with Gasteiger partial charge in [-0.15, -0.1) is 11.3 Å². The highest BCUT2D eigenvalue weighted by molar-refractivity contribution is 7.09. The molecule has 2 nitrogen and oxygen atoms in total. The molecule has 1 aromatic heterocycles. The van der Waals surface area contributed by atoms with Crippen molar-refractivity contribution in [1.82, 2.24) is 10.3 Å². The van der Waals surface area contributed by atoms with Gasteiger partial charge >= 0.3 is 0 Å². The van der Waals surface area contributed by atoms with Gasteiger partial charge < -0.3 is 5.32 Å². The number of nitrogens with one attached hydrogen (secondary N) is 1. The van der Waals surface area contributed by atoms with Gasteiger partial charge in [0, 0.05) is 27.2 Å². The predicted molar refractivity (Wildman–Crippen MR) is 81.3 cm³/mol. The van der Waals surface area contributed by atoms with Gasteiger partial charge in [0.2, 0.25) is 0 Å². The number of thiazole rings is 1. The lowest BCUT2D eigenvalue weighted by Crippen LogP contribution is -2.24. The second-order valence-corrected chi connectivity index (χ2v) is 6.60. The quantitative estimate of drug-likeness (QED) is 0.892. The van der Waals surface area contributed by atoms with Gasteiger partial charge in [0.05, 0.1) is 6.04 Å². The second kappa shape index (κ2) is 5.41. The van der Waals surface area contributed by atoms with Crippen molar-refractivity contribution in [2.75, 3.05) is 0 Å². The molecule has 0 amide bonds. The Labute approximate surface area is 126 Å². The lowest BCUT2D eigenvalue weighted by Gasteiger charge is -2.18. The van der Waals surface area contributed by atoms with Gasteiger partial charge in [0.15, 0.2) is 0 Å². The maximum Gasteiger partial charge on any atom is 0.114 e. The van der Waals surface area contributed by atoms with Crippen LogP contribution in [0.2, 0.25) is 10.0 Å². The maximum absolute atomic E-state index is 6.34. The summed E-state index contributed by atoms with van der Waals surface area (Å²) in [5.41, 5.74) is 2.10. The highest BCUT2D eigenvalue weighted by atomic mass is 35.5. The van der Waals surface area contributed by atoms with Crippen molar-refractivity contribution in [2.45, 2.75) is 31.8 Å². The molecular weight excluding hydrogens is 299 g/mol. The molecular formula is C14H14Cl2N2S. The predicted octanol–water partition coefficient (Wildman–Crippen LogP) is 4.60. The lowest BCUT2D eigenvalue weighted by molar-refractivity contribution is 0.597. The molecule has 1 atom stereocenters. The standard InChI is InChI=1S/C14H14Cl2N2S/c1-8-7-19-14(17-8)13(18-10-3-4-10)11-5-2-9(15)6-12(11)16/h2,5-7,10,13,18H,3-4H2,1H3. The Morgan fingerprint density at radius 3 is 2.74 bits per heavy atom. The van der Waals surface area contributed by atoms with E-state index in [4.69, 9.17) is 23.2 Å². The number of rotatable bonds is 4. The molecule has 1 heterocycles. The van der Waals surface area contributed by atoms with Gasteiger partial charge in [-0.2, -0.15) is 0 Å². The van der Waals surface area contributed by atoms with Crippen molar-refractivity contribution in [2.24, 2.45) is 0 Å². The highest BCUT2D eigenvalue weighted by Crippen LogP contribution is 2.34. The molecule has 1 N–H and O–H groups in total. The molecule has 0 aliphatic heterocycles.